The van der Waals surface area contributed by atoms with Gasteiger partial charge in [0.25, 0.3) is 0 Å². The number of hydrogen-bond donors (Lipinski definition) is 1. The fraction of sp³-hybridized carbons (Fsp3) is 0.536. The molecule has 2 rings (SSSR count). The molecule has 1 aromatic heterocycles. The summed E-state index contributed by atoms with van der Waals surface area (Å²) in [5.74, 6) is 0.0968. The maximum Gasteiger partial charge on any atom is 0.436 e. The average molecular weight is 484 g/mol. The van der Waals surface area contributed by atoms with Crippen molar-refractivity contribution in [3.05, 3.63) is 58.5 Å². The summed E-state index contributed by atoms with van der Waals surface area (Å²) in [5.41, 5.74) is 2.94. The number of nitrogens with zero attached hydrogens (tertiary/aromatic N) is 3. The van der Waals surface area contributed by atoms with Crippen molar-refractivity contribution in [2.24, 2.45) is 4.99 Å². The fourth-order valence-electron chi connectivity index (χ4n) is 3.93. The van der Waals surface area contributed by atoms with Gasteiger partial charge in [0, 0.05) is 35.6 Å². The summed E-state index contributed by atoms with van der Waals surface area (Å²) in [5, 5.41) is 11.0. The third-order valence-corrected chi connectivity index (χ3v) is 6.15. The van der Waals surface area contributed by atoms with Crippen LogP contribution in [0.2, 0.25) is 0 Å². The molecular formula is C28H41N3O4. The Labute approximate surface area is 209 Å². The quantitative estimate of drug-likeness (QED) is 0.393. The molecule has 0 saturated heterocycles. The predicted molar refractivity (Wildman–Crippen MR) is 139 cm³/mol. The Hall–Kier alpha value is -3.09. The van der Waals surface area contributed by atoms with Crippen molar-refractivity contribution < 1.29 is 19.4 Å². The van der Waals surface area contributed by atoms with E-state index in [0.717, 1.165) is 24.0 Å². The molecule has 1 amide bonds. The highest BCUT2D eigenvalue weighted by Gasteiger charge is 2.28. The summed E-state index contributed by atoms with van der Waals surface area (Å²) in [6.07, 6.45) is 6.86. The Morgan fingerprint density at radius 1 is 0.971 bits per heavy atom. The van der Waals surface area contributed by atoms with Crippen molar-refractivity contribution in [2.45, 2.75) is 92.2 Å². The van der Waals surface area contributed by atoms with E-state index in [1.807, 2.05) is 52.3 Å². The standard InChI is InChI=1S/C28H41N3O4/c1-10-19(11-2)12-13-30-14-15-31(25(30)29-26(34)35-9)18-23(32)20-16-21(27(3,4)5)24(33)22(17-20)28(6,7)8/h12,14-17,33H,10-11,13,18H2,1-9H3. The van der Waals surface area contributed by atoms with Crippen LogP contribution < -0.4 is 5.62 Å². The Morgan fingerprint density at radius 3 is 1.94 bits per heavy atom. The number of hydrogen-bond acceptors (Lipinski definition) is 4. The van der Waals surface area contributed by atoms with Crippen LogP contribution in [-0.4, -0.2) is 33.2 Å². The smallest absolute Gasteiger partial charge is 0.436 e. The number of amides is 1. The molecule has 1 aromatic carbocycles. The number of carbonyl (C=O) groups is 2. The zero-order chi connectivity index (χ0) is 26.6. The molecule has 0 unspecified atom stereocenters. The number of aromatic hydroxyl groups is 1. The molecule has 0 atom stereocenters. The van der Waals surface area contributed by atoms with Crippen LogP contribution in [0.1, 0.15) is 89.7 Å². The summed E-state index contributed by atoms with van der Waals surface area (Å²) in [4.78, 5) is 29.6. The molecule has 2 aromatic rings. The van der Waals surface area contributed by atoms with Crippen LogP contribution in [0.15, 0.2) is 41.2 Å². The molecule has 0 bridgehead atoms. The van der Waals surface area contributed by atoms with Crippen LogP contribution in [0.25, 0.3) is 0 Å². The molecule has 35 heavy (non-hydrogen) atoms. The Kier molecular flexibility index (Phi) is 8.93. The molecule has 0 aliphatic heterocycles. The normalized spacial score (nSPS) is 12.5. The minimum atomic E-state index is -0.726. The Balaban J connectivity index is 2.56. The van der Waals surface area contributed by atoms with Crippen molar-refractivity contribution in [2.75, 3.05) is 7.11 Å². The van der Waals surface area contributed by atoms with Crippen molar-refractivity contribution >= 4 is 11.9 Å². The van der Waals surface area contributed by atoms with Gasteiger partial charge in [-0.15, -0.1) is 4.99 Å². The molecule has 1 heterocycles. The second kappa shape index (κ2) is 11.1. The first kappa shape index (κ1) is 28.1. The van der Waals surface area contributed by atoms with Gasteiger partial charge in [-0.1, -0.05) is 67.0 Å². The zero-order valence-electron chi connectivity index (χ0n) is 22.7. The van der Waals surface area contributed by atoms with Crippen LogP contribution >= 0.6 is 0 Å². The largest absolute Gasteiger partial charge is 0.507 e. The average Bonchev–Trinajstić information content (AvgIpc) is 3.13. The lowest BCUT2D eigenvalue weighted by Crippen LogP contribution is -2.30. The van der Waals surface area contributed by atoms with Gasteiger partial charge in [-0.25, -0.2) is 4.79 Å². The monoisotopic (exact) mass is 483 g/mol. The second-order valence-corrected chi connectivity index (χ2v) is 10.9. The molecule has 0 saturated carbocycles. The number of ketones is 1. The first-order valence-electron chi connectivity index (χ1n) is 12.2. The lowest BCUT2D eigenvalue weighted by Gasteiger charge is -2.28. The van der Waals surface area contributed by atoms with Gasteiger partial charge >= 0.3 is 6.09 Å². The number of ether oxygens (including phenoxy) is 1. The second-order valence-electron chi connectivity index (χ2n) is 10.9. The van der Waals surface area contributed by atoms with Crippen molar-refractivity contribution in [1.82, 2.24) is 9.13 Å². The molecule has 0 fully saturated rings. The van der Waals surface area contributed by atoms with E-state index in [9.17, 15) is 14.7 Å². The highest BCUT2D eigenvalue weighted by Crippen LogP contribution is 2.39. The third kappa shape index (κ3) is 6.96. The SMILES string of the molecule is CCC(=CCn1ccn(CC(=O)c2cc(C(C)(C)C)c(O)c(C(C)(C)C)c2)c1=NC(=O)OC)CC. The minimum Gasteiger partial charge on any atom is -0.507 e. The maximum atomic E-state index is 13.5. The van der Waals surface area contributed by atoms with E-state index >= 15 is 0 Å². The van der Waals surface area contributed by atoms with Crippen molar-refractivity contribution in [1.29, 1.82) is 0 Å². The summed E-state index contributed by atoms with van der Waals surface area (Å²) in [6.45, 7) is 16.8. The van der Waals surface area contributed by atoms with Crippen LogP contribution in [0.3, 0.4) is 0 Å². The number of Topliss-reactive ketones (excluding diaryl/α,β-unsaturated/α-hetero) is 1. The first-order valence-corrected chi connectivity index (χ1v) is 12.2. The molecule has 7 nitrogen and oxygen atoms in total. The van der Waals surface area contributed by atoms with E-state index in [-0.39, 0.29) is 28.9 Å². The van der Waals surface area contributed by atoms with E-state index in [2.05, 4.69) is 24.9 Å². The number of phenols is 1. The highest BCUT2D eigenvalue weighted by molar-refractivity contribution is 5.96. The van der Waals surface area contributed by atoms with Crippen LogP contribution in [0, 0.1) is 0 Å². The Bertz CT molecular complexity index is 1130. The van der Waals surface area contributed by atoms with Gasteiger partial charge < -0.3 is 19.0 Å². The van der Waals surface area contributed by atoms with E-state index in [1.165, 1.54) is 12.7 Å². The third-order valence-electron chi connectivity index (χ3n) is 6.15. The number of benzene rings is 1. The van der Waals surface area contributed by atoms with Crippen LogP contribution in [0.4, 0.5) is 4.79 Å². The number of carbonyl (C=O) groups excluding carboxylic acids is 2. The Morgan fingerprint density at radius 2 is 1.49 bits per heavy atom. The number of rotatable bonds is 7. The van der Waals surface area contributed by atoms with Gasteiger partial charge in [0.2, 0.25) is 5.62 Å². The summed E-state index contributed by atoms with van der Waals surface area (Å²) < 4.78 is 8.23. The van der Waals surface area contributed by atoms with Gasteiger partial charge in [-0.3, -0.25) is 4.79 Å². The molecule has 0 aliphatic carbocycles. The number of aromatic nitrogens is 2. The van der Waals surface area contributed by atoms with Crippen LogP contribution in [0.5, 0.6) is 5.75 Å². The predicted octanol–water partition coefficient (Wildman–Crippen LogP) is 5.89. The highest BCUT2D eigenvalue weighted by atomic mass is 16.5. The molecule has 0 radical (unpaired) electrons. The molecule has 1 N–H and O–H groups in total. The molecule has 0 aliphatic rings. The number of imidazole rings is 1. The maximum absolute atomic E-state index is 13.5. The summed E-state index contributed by atoms with van der Waals surface area (Å²) >= 11 is 0. The molecular weight excluding hydrogens is 442 g/mol. The van der Waals surface area contributed by atoms with E-state index in [1.54, 1.807) is 22.9 Å². The number of phenolic OH excluding ortho intramolecular Hbond substituents is 1. The first-order chi connectivity index (χ1) is 16.2. The van der Waals surface area contributed by atoms with E-state index in [4.69, 9.17) is 4.74 Å². The minimum absolute atomic E-state index is 0.00110. The topological polar surface area (TPSA) is 85.8 Å². The number of allylic oxidation sites excluding steroid dienone is 2. The van der Waals surface area contributed by atoms with Gasteiger partial charge in [0.15, 0.2) is 5.78 Å². The van der Waals surface area contributed by atoms with Gasteiger partial charge in [0.1, 0.15) is 5.75 Å². The lowest BCUT2D eigenvalue weighted by atomic mass is 9.78. The zero-order valence-corrected chi connectivity index (χ0v) is 22.7. The van der Waals surface area contributed by atoms with E-state index in [0.29, 0.717) is 17.7 Å². The fourth-order valence-corrected chi connectivity index (χ4v) is 3.93. The number of methoxy groups -OCH3 is 1. The summed E-state index contributed by atoms with van der Waals surface area (Å²) in [7, 11) is 1.28. The van der Waals surface area contributed by atoms with E-state index < -0.39 is 6.09 Å². The van der Waals surface area contributed by atoms with Crippen molar-refractivity contribution in [3.8, 4) is 5.75 Å². The molecule has 192 valence electrons. The van der Waals surface area contributed by atoms with Crippen molar-refractivity contribution in [3.63, 3.8) is 0 Å². The lowest BCUT2D eigenvalue weighted by molar-refractivity contribution is 0.0969. The van der Waals surface area contributed by atoms with Crippen LogP contribution in [-0.2, 0) is 28.7 Å². The summed E-state index contributed by atoms with van der Waals surface area (Å²) in [6, 6.07) is 3.55. The molecule has 7 heteroatoms. The van der Waals surface area contributed by atoms with Gasteiger partial charge in [0.05, 0.1) is 13.7 Å². The molecule has 0 spiro atoms. The van der Waals surface area contributed by atoms with Gasteiger partial charge in [-0.2, -0.15) is 0 Å². The van der Waals surface area contributed by atoms with Gasteiger partial charge in [-0.05, 0) is 35.8 Å².